The lowest BCUT2D eigenvalue weighted by Crippen LogP contribution is -2.50. The summed E-state index contributed by atoms with van der Waals surface area (Å²) < 4.78 is 0. The fourth-order valence-corrected chi connectivity index (χ4v) is 4.70. The van der Waals surface area contributed by atoms with Crippen LogP contribution in [0.4, 0.5) is 0 Å². The van der Waals surface area contributed by atoms with E-state index in [2.05, 4.69) is 13.0 Å². The van der Waals surface area contributed by atoms with Gasteiger partial charge in [0.15, 0.2) is 5.78 Å². The van der Waals surface area contributed by atoms with Crippen molar-refractivity contribution in [3.05, 3.63) is 23.3 Å². The number of rotatable bonds is 1. The summed E-state index contributed by atoms with van der Waals surface area (Å²) in [5, 5.41) is 9.69. The van der Waals surface area contributed by atoms with Crippen molar-refractivity contribution >= 4 is 11.8 Å². The van der Waals surface area contributed by atoms with Crippen LogP contribution in [-0.2, 0) is 9.59 Å². The maximum atomic E-state index is 11.8. The molecule has 3 unspecified atom stereocenters. The van der Waals surface area contributed by atoms with Gasteiger partial charge in [-0.05, 0) is 61.2 Å². The summed E-state index contributed by atoms with van der Waals surface area (Å²) in [6.07, 6.45) is 8.92. The number of carboxylic acid groups (broad SMARTS) is 1. The average molecular weight is 274 g/mol. The zero-order valence-corrected chi connectivity index (χ0v) is 12.2. The van der Waals surface area contributed by atoms with Crippen LogP contribution in [0.15, 0.2) is 23.3 Å². The fraction of sp³-hybridized carbons (Fsp3) is 0.647. The Bertz CT molecular complexity index is 542. The van der Waals surface area contributed by atoms with E-state index < -0.39 is 11.4 Å². The van der Waals surface area contributed by atoms with E-state index in [1.807, 2.05) is 6.92 Å². The lowest BCUT2D eigenvalue weighted by Gasteiger charge is -2.54. The van der Waals surface area contributed by atoms with Crippen molar-refractivity contribution in [3.63, 3.8) is 0 Å². The molecule has 0 aromatic heterocycles. The molecule has 0 aliphatic heterocycles. The molecule has 0 aromatic carbocycles. The third-order valence-corrected chi connectivity index (χ3v) is 5.93. The molecule has 0 heterocycles. The number of hydrogen-bond donors (Lipinski definition) is 1. The van der Waals surface area contributed by atoms with Crippen molar-refractivity contribution in [1.82, 2.24) is 0 Å². The summed E-state index contributed by atoms with van der Waals surface area (Å²) in [5.74, 6) is -0.392. The topological polar surface area (TPSA) is 54.4 Å². The van der Waals surface area contributed by atoms with Gasteiger partial charge in [-0.25, -0.2) is 0 Å². The zero-order chi connectivity index (χ0) is 14.5. The van der Waals surface area contributed by atoms with Crippen LogP contribution < -0.4 is 0 Å². The first-order valence-electron chi connectivity index (χ1n) is 7.56. The van der Waals surface area contributed by atoms with Crippen LogP contribution in [0, 0.1) is 16.7 Å². The second-order valence-corrected chi connectivity index (χ2v) is 7.04. The predicted molar refractivity (Wildman–Crippen MR) is 76.2 cm³/mol. The molecule has 3 rings (SSSR count). The summed E-state index contributed by atoms with van der Waals surface area (Å²) in [6.45, 7) is 4.07. The first-order valence-corrected chi connectivity index (χ1v) is 7.56. The molecule has 1 saturated carbocycles. The third-order valence-electron chi connectivity index (χ3n) is 5.93. The molecule has 3 heteroatoms. The van der Waals surface area contributed by atoms with Crippen LogP contribution in [0.2, 0.25) is 0 Å². The smallest absolute Gasteiger partial charge is 0.309 e. The number of hydrogen-bond acceptors (Lipinski definition) is 2. The van der Waals surface area contributed by atoms with Crippen molar-refractivity contribution in [1.29, 1.82) is 0 Å². The fourth-order valence-electron chi connectivity index (χ4n) is 4.70. The van der Waals surface area contributed by atoms with E-state index in [9.17, 15) is 14.7 Å². The van der Waals surface area contributed by atoms with E-state index in [0.29, 0.717) is 6.42 Å². The van der Waals surface area contributed by atoms with Crippen LogP contribution in [0.5, 0.6) is 0 Å². The third kappa shape index (κ3) is 1.72. The van der Waals surface area contributed by atoms with Crippen molar-refractivity contribution < 1.29 is 14.7 Å². The van der Waals surface area contributed by atoms with Gasteiger partial charge in [0, 0.05) is 6.42 Å². The lowest BCUT2D eigenvalue weighted by molar-refractivity contribution is -0.158. The Morgan fingerprint density at radius 3 is 2.75 bits per heavy atom. The summed E-state index contributed by atoms with van der Waals surface area (Å²) in [4.78, 5) is 23.6. The molecule has 0 saturated heterocycles. The van der Waals surface area contributed by atoms with E-state index in [-0.39, 0.29) is 17.1 Å². The Morgan fingerprint density at radius 1 is 1.30 bits per heavy atom. The monoisotopic (exact) mass is 274 g/mol. The highest BCUT2D eigenvalue weighted by Gasteiger charge is 2.55. The predicted octanol–water partition coefficient (Wildman–Crippen LogP) is 3.50. The molecular formula is C17H22O3. The minimum atomic E-state index is -0.687. The number of carbonyl (C=O) groups excluding carboxylic acids is 1. The molecule has 108 valence electrons. The molecule has 0 spiro atoms. The second kappa shape index (κ2) is 4.31. The Morgan fingerprint density at radius 2 is 2.05 bits per heavy atom. The summed E-state index contributed by atoms with van der Waals surface area (Å²) >= 11 is 0. The first-order chi connectivity index (χ1) is 9.38. The van der Waals surface area contributed by atoms with Gasteiger partial charge in [-0.15, -0.1) is 0 Å². The molecular weight excluding hydrogens is 252 g/mol. The van der Waals surface area contributed by atoms with Crippen LogP contribution in [-0.4, -0.2) is 16.9 Å². The van der Waals surface area contributed by atoms with Crippen molar-refractivity contribution in [2.75, 3.05) is 0 Å². The molecule has 0 amide bonds. The Balaban J connectivity index is 2.11. The molecule has 3 atom stereocenters. The number of allylic oxidation sites excluding steroid dienone is 4. The maximum Gasteiger partial charge on any atom is 0.309 e. The van der Waals surface area contributed by atoms with Gasteiger partial charge in [-0.2, -0.15) is 0 Å². The van der Waals surface area contributed by atoms with Crippen molar-refractivity contribution in [2.45, 2.75) is 52.4 Å². The van der Waals surface area contributed by atoms with E-state index in [4.69, 9.17) is 0 Å². The molecule has 20 heavy (non-hydrogen) atoms. The highest BCUT2D eigenvalue weighted by molar-refractivity contribution is 5.93. The van der Waals surface area contributed by atoms with Gasteiger partial charge < -0.3 is 5.11 Å². The van der Waals surface area contributed by atoms with Gasteiger partial charge in [0.05, 0.1) is 5.41 Å². The number of carboxylic acids is 1. The van der Waals surface area contributed by atoms with Gasteiger partial charge >= 0.3 is 5.97 Å². The van der Waals surface area contributed by atoms with E-state index in [1.54, 1.807) is 6.08 Å². The molecule has 1 fully saturated rings. The molecule has 0 aromatic rings. The quantitative estimate of drug-likeness (QED) is 0.796. The minimum Gasteiger partial charge on any atom is -0.481 e. The maximum absolute atomic E-state index is 11.8. The van der Waals surface area contributed by atoms with Gasteiger partial charge in [0.25, 0.3) is 0 Å². The minimum absolute atomic E-state index is 0.0992. The SMILES string of the molecule is CC1(C(=O)O)CCCC2(C)C3=CC(=O)CCC3=CCC12. The number of aliphatic carboxylic acids is 1. The molecule has 0 bridgehead atoms. The van der Waals surface area contributed by atoms with Gasteiger partial charge in [-0.3, -0.25) is 9.59 Å². The largest absolute Gasteiger partial charge is 0.481 e. The van der Waals surface area contributed by atoms with Crippen LogP contribution in [0.25, 0.3) is 0 Å². The normalized spacial score (nSPS) is 40.3. The van der Waals surface area contributed by atoms with E-state index in [0.717, 1.165) is 37.7 Å². The van der Waals surface area contributed by atoms with Crippen molar-refractivity contribution in [3.8, 4) is 0 Å². The molecule has 1 N–H and O–H groups in total. The van der Waals surface area contributed by atoms with Crippen LogP contribution >= 0.6 is 0 Å². The lowest BCUT2D eigenvalue weighted by atomic mass is 9.49. The number of fused-ring (bicyclic) bond motifs is 3. The molecule has 3 aliphatic rings. The molecule has 3 nitrogen and oxygen atoms in total. The highest BCUT2D eigenvalue weighted by Crippen LogP contribution is 2.60. The van der Waals surface area contributed by atoms with Crippen LogP contribution in [0.1, 0.15) is 52.4 Å². The Hall–Kier alpha value is -1.38. The second-order valence-electron chi connectivity index (χ2n) is 7.04. The van der Waals surface area contributed by atoms with E-state index in [1.165, 1.54) is 5.57 Å². The van der Waals surface area contributed by atoms with E-state index >= 15 is 0 Å². The first kappa shape index (κ1) is 13.6. The molecule has 3 aliphatic carbocycles. The van der Waals surface area contributed by atoms with Gasteiger partial charge in [0.1, 0.15) is 0 Å². The summed E-state index contributed by atoms with van der Waals surface area (Å²) in [6, 6.07) is 0. The van der Waals surface area contributed by atoms with Gasteiger partial charge in [-0.1, -0.05) is 19.4 Å². The summed E-state index contributed by atoms with van der Waals surface area (Å²) in [5.41, 5.74) is 1.61. The number of ketones is 1. The van der Waals surface area contributed by atoms with Crippen LogP contribution in [0.3, 0.4) is 0 Å². The summed E-state index contributed by atoms with van der Waals surface area (Å²) in [7, 11) is 0. The molecule has 0 radical (unpaired) electrons. The Labute approximate surface area is 119 Å². The Kier molecular flexibility index (Phi) is 2.93. The highest BCUT2D eigenvalue weighted by atomic mass is 16.4. The van der Waals surface area contributed by atoms with Gasteiger partial charge in [0.2, 0.25) is 0 Å². The zero-order valence-electron chi connectivity index (χ0n) is 12.2. The average Bonchev–Trinajstić information content (AvgIpc) is 2.39. The standard InChI is InChI=1S/C17H22O3/c1-16-8-3-9-17(2,15(19)20)14(16)7-5-11-4-6-12(18)10-13(11)16/h5,10,14H,3-4,6-9H2,1-2H3,(H,19,20). The number of carbonyl (C=O) groups is 2. The van der Waals surface area contributed by atoms with Crippen molar-refractivity contribution in [2.24, 2.45) is 16.7 Å².